The molecule has 0 saturated carbocycles. The van der Waals surface area contributed by atoms with Gasteiger partial charge in [0.2, 0.25) is 0 Å². The molecule has 1 N–H and O–H groups in total. The van der Waals surface area contributed by atoms with Gasteiger partial charge < -0.3 is 0 Å². The third kappa shape index (κ3) is 2.58. The van der Waals surface area contributed by atoms with Crippen LogP contribution in [0.4, 0.5) is 9.52 Å². The average Bonchev–Trinajstić information content (AvgIpc) is 2.80. The zero-order valence-corrected chi connectivity index (χ0v) is 12.0. The summed E-state index contributed by atoms with van der Waals surface area (Å²) < 4.78 is 13.8. The minimum Gasteiger partial charge on any atom is -0.298 e. The van der Waals surface area contributed by atoms with Crippen molar-refractivity contribution in [3.63, 3.8) is 0 Å². The van der Waals surface area contributed by atoms with Crippen LogP contribution in [0.1, 0.15) is 39.3 Å². The number of nitrogens with one attached hydrogen (secondary N) is 1. The molecular formula is C15H15FN2OS. The maximum absolute atomic E-state index is 13.8. The molecule has 1 aromatic carbocycles. The van der Waals surface area contributed by atoms with Crippen LogP contribution in [0, 0.1) is 12.7 Å². The van der Waals surface area contributed by atoms with Gasteiger partial charge in [-0.25, -0.2) is 9.37 Å². The van der Waals surface area contributed by atoms with Gasteiger partial charge in [0, 0.05) is 4.88 Å². The highest BCUT2D eigenvalue weighted by Gasteiger charge is 2.18. The Morgan fingerprint density at radius 1 is 1.35 bits per heavy atom. The van der Waals surface area contributed by atoms with Gasteiger partial charge in [-0.15, -0.1) is 11.3 Å². The lowest BCUT2D eigenvalue weighted by Gasteiger charge is -2.06. The molecule has 0 saturated heterocycles. The number of fused-ring (bicyclic) bond motifs is 1. The van der Waals surface area contributed by atoms with E-state index in [9.17, 15) is 9.18 Å². The zero-order chi connectivity index (χ0) is 14.1. The number of rotatable bonds is 2. The number of amides is 1. The quantitative estimate of drug-likeness (QED) is 0.916. The number of aryl methyl sites for hydroxylation is 3. The number of halogens is 1. The number of hydrogen-bond acceptors (Lipinski definition) is 3. The van der Waals surface area contributed by atoms with E-state index in [-0.39, 0.29) is 5.56 Å². The van der Waals surface area contributed by atoms with Crippen molar-refractivity contribution in [2.24, 2.45) is 0 Å². The van der Waals surface area contributed by atoms with E-state index in [0.717, 1.165) is 30.5 Å². The predicted molar refractivity (Wildman–Crippen MR) is 77.8 cm³/mol. The van der Waals surface area contributed by atoms with Crippen molar-refractivity contribution in [1.29, 1.82) is 0 Å². The Bertz CT molecular complexity index is 642. The summed E-state index contributed by atoms with van der Waals surface area (Å²) in [6, 6.07) is 4.60. The summed E-state index contributed by atoms with van der Waals surface area (Å²) in [7, 11) is 0. The zero-order valence-electron chi connectivity index (χ0n) is 11.2. The van der Waals surface area contributed by atoms with Gasteiger partial charge >= 0.3 is 0 Å². The Kier molecular flexibility index (Phi) is 3.53. The van der Waals surface area contributed by atoms with E-state index in [4.69, 9.17) is 0 Å². The molecule has 1 aliphatic rings. The molecule has 2 aromatic rings. The van der Waals surface area contributed by atoms with Crippen LogP contribution in [0.15, 0.2) is 18.2 Å². The molecule has 0 radical (unpaired) electrons. The van der Waals surface area contributed by atoms with Gasteiger partial charge in [0.15, 0.2) is 5.13 Å². The summed E-state index contributed by atoms with van der Waals surface area (Å²) in [4.78, 5) is 17.7. The standard InChI is InChI=1S/C15H15FN2OS/c1-9-6-7-10(11(16)8-9)14(19)18-15-17-12-4-2-3-5-13(12)20-15/h6-8H,2-5H2,1H3,(H,17,18,19). The van der Waals surface area contributed by atoms with Gasteiger partial charge in [-0.2, -0.15) is 0 Å². The molecule has 0 atom stereocenters. The van der Waals surface area contributed by atoms with Crippen molar-refractivity contribution in [3.05, 3.63) is 45.7 Å². The van der Waals surface area contributed by atoms with E-state index in [1.165, 1.54) is 34.8 Å². The summed E-state index contributed by atoms with van der Waals surface area (Å²) in [6.07, 6.45) is 4.33. The number of carbonyl (C=O) groups is 1. The second-order valence-corrected chi connectivity index (χ2v) is 6.12. The maximum atomic E-state index is 13.8. The third-order valence-electron chi connectivity index (χ3n) is 3.44. The minimum absolute atomic E-state index is 0.0590. The van der Waals surface area contributed by atoms with Crippen LogP contribution in [0.25, 0.3) is 0 Å². The maximum Gasteiger partial charge on any atom is 0.260 e. The van der Waals surface area contributed by atoms with Crippen molar-refractivity contribution in [2.75, 3.05) is 5.32 Å². The SMILES string of the molecule is Cc1ccc(C(=O)Nc2nc3c(s2)CCCC3)c(F)c1. The van der Waals surface area contributed by atoms with Crippen molar-refractivity contribution in [2.45, 2.75) is 32.6 Å². The molecule has 5 heteroatoms. The predicted octanol–water partition coefficient (Wildman–Crippen LogP) is 3.72. The third-order valence-corrected chi connectivity index (χ3v) is 4.51. The smallest absolute Gasteiger partial charge is 0.260 e. The molecule has 0 unspecified atom stereocenters. The molecule has 104 valence electrons. The molecule has 0 fully saturated rings. The summed E-state index contributed by atoms with van der Waals surface area (Å²) >= 11 is 1.50. The molecule has 1 aliphatic carbocycles. The molecule has 1 heterocycles. The molecule has 3 nitrogen and oxygen atoms in total. The van der Waals surface area contributed by atoms with E-state index in [2.05, 4.69) is 10.3 Å². The normalized spacial score (nSPS) is 13.9. The Labute approximate surface area is 120 Å². The van der Waals surface area contributed by atoms with E-state index in [1.54, 1.807) is 13.0 Å². The first kappa shape index (κ1) is 13.2. The summed E-state index contributed by atoms with van der Waals surface area (Å²) in [5, 5.41) is 3.28. The first-order chi connectivity index (χ1) is 9.63. The Balaban J connectivity index is 1.80. The first-order valence-corrected chi connectivity index (χ1v) is 7.51. The lowest BCUT2D eigenvalue weighted by Crippen LogP contribution is -2.13. The van der Waals surface area contributed by atoms with Crippen LogP contribution in [-0.4, -0.2) is 10.9 Å². The number of carbonyl (C=O) groups excluding carboxylic acids is 1. The van der Waals surface area contributed by atoms with Crippen molar-refractivity contribution >= 4 is 22.4 Å². The molecule has 3 rings (SSSR count). The number of anilines is 1. The van der Waals surface area contributed by atoms with Crippen LogP contribution in [0.2, 0.25) is 0 Å². The van der Waals surface area contributed by atoms with Crippen LogP contribution in [0.3, 0.4) is 0 Å². The molecule has 20 heavy (non-hydrogen) atoms. The number of hydrogen-bond donors (Lipinski definition) is 1. The minimum atomic E-state index is -0.496. The highest BCUT2D eigenvalue weighted by Crippen LogP contribution is 2.29. The molecule has 0 bridgehead atoms. The summed E-state index contributed by atoms with van der Waals surface area (Å²) in [6.45, 7) is 1.79. The fourth-order valence-electron chi connectivity index (χ4n) is 2.37. The Morgan fingerprint density at radius 3 is 2.90 bits per heavy atom. The van der Waals surface area contributed by atoms with Crippen molar-refractivity contribution in [3.8, 4) is 0 Å². The van der Waals surface area contributed by atoms with Crippen molar-refractivity contribution in [1.82, 2.24) is 4.98 Å². The largest absolute Gasteiger partial charge is 0.298 e. The van der Waals surface area contributed by atoms with Gasteiger partial charge in [-0.1, -0.05) is 6.07 Å². The highest BCUT2D eigenvalue weighted by atomic mass is 32.1. The fourth-order valence-corrected chi connectivity index (χ4v) is 3.42. The highest BCUT2D eigenvalue weighted by molar-refractivity contribution is 7.15. The van der Waals surface area contributed by atoms with Crippen LogP contribution >= 0.6 is 11.3 Å². The number of benzene rings is 1. The number of aromatic nitrogens is 1. The van der Waals surface area contributed by atoms with Gasteiger partial charge in [0.05, 0.1) is 11.3 Å². The second kappa shape index (κ2) is 5.32. The van der Waals surface area contributed by atoms with Crippen LogP contribution < -0.4 is 5.32 Å². The Morgan fingerprint density at radius 2 is 2.15 bits per heavy atom. The molecular weight excluding hydrogens is 275 g/mol. The number of nitrogens with zero attached hydrogens (tertiary/aromatic N) is 1. The van der Waals surface area contributed by atoms with Crippen LogP contribution in [0.5, 0.6) is 0 Å². The average molecular weight is 290 g/mol. The summed E-state index contributed by atoms with van der Waals surface area (Å²) in [5.41, 5.74) is 1.94. The topological polar surface area (TPSA) is 42.0 Å². The molecule has 1 amide bonds. The first-order valence-electron chi connectivity index (χ1n) is 6.69. The van der Waals surface area contributed by atoms with Gasteiger partial charge in [0.1, 0.15) is 5.82 Å². The molecule has 1 aromatic heterocycles. The fraction of sp³-hybridized carbons (Fsp3) is 0.333. The lowest BCUT2D eigenvalue weighted by molar-refractivity contribution is 0.102. The van der Waals surface area contributed by atoms with Gasteiger partial charge in [-0.3, -0.25) is 10.1 Å². The molecule has 0 aliphatic heterocycles. The Hall–Kier alpha value is -1.75. The van der Waals surface area contributed by atoms with Crippen LogP contribution in [-0.2, 0) is 12.8 Å². The number of thiazole rings is 1. The van der Waals surface area contributed by atoms with E-state index >= 15 is 0 Å². The van der Waals surface area contributed by atoms with Gasteiger partial charge in [-0.05, 0) is 50.3 Å². The van der Waals surface area contributed by atoms with E-state index in [1.807, 2.05) is 0 Å². The lowest BCUT2D eigenvalue weighted by atomic mass is 10.0. The van der Waals surface area contributed by atoms with Gasteiger partial charge in [0.25, 0.3) is 5.91 Å². The second-order valence-electron chi connectivity index (χ2n) is 5.03. The van der Waals surface area contributed by atoms with E-state index < -0.39 is 11.7 Å². The molecule has 0 spiro atoms. The van der Waals surface area contributed by atoms with Crippen molar-refractivity contribution < 1.29 is 9.18 Å². The summed E-state index contributed by atoms with van der Waals surface area (Å²) in [5.74, 6) is -0.933. The monoisotopic (exact) mass is 290 g/mol. The van der Waals surface area contributed by atoms with E-state index in [0.29, 0.717) is 5.13 Å².